The zero-order valence-corrected chi connectivity index (χ0v) is 17.2. The lowest BCUT2D eigenvalue weighted by atomic mass is 10.4. The van der Waals surface area contributed by atoms with Crippen LogP contribution >= 0.6 is 35.6 Å². The van der Waals surface area contributed by atoms with Crippen LogP contribution in [0.3, 0.4) is 0 Å². The second-order valence-corrected chi connectivity index (χ2v) is 5.78. The minimum absolute atomic E-state index is 0. The Morgan fingerprint density at radius 2 is 2.08 bits per heavy atom. The number of aryl methyl sites for hydroxylation is 1. The van der Waals surface area contributed by atoms with Gasteiger partial charge in [0.1, 0.15) is 5.65 Å². The number of guanidine groups is 1. The molecule has 0 saturated carbocycles. The van der Waals surface area contributed by atoms with Gasteiger partial charge in [0, 0.05) is 32.2 Å². The Morgan fingerprint density at radius 1 is 1.24 bits per heavy atom. The molecule has 9 heteroatoms. The molecule has 3 aromatic heterocycles. The lowest BCUT2D eigenvalue weighted by Gasteiger charge is -2.11. The number of pyridine rings is 1. The fraction of sp³-hybridized carbons (Fsp3) is 0.312. The number of halogens is 2. The Bertz CT molecular complexity index is 855. The summed E-state index contributed by atoms with van der Waals surface area (Å²) in [7, 11) is 1.92. The standard InChI is InChI=1S/C16H20ClN7.HI/c1-3-18-16(20-9-14-6-7-21-23(14)2)19-8-13-11-24-10-12(17)4-5-15(24)22-13;/h4-7,10-11H,3,8-9H2,1-2H3,(H2,18,19,20);1H. The van der Waals surface area contributed by atoms with Gasteiger partial charge in [0.15, 0.2) is 5.96 Å². The fourth-order valence-electron chi connectivity index (χ4n) is 2.34. The van der Waals surface area contributed by atoms with Gasteiger partial charge in [-0.25, -0.2) is 9.98 Å². The summed E-state index contributed by atoms with van der Waals surface area (Å²) in [6.07, 6.45) is 5.56. The average molecular weight is 474 g/mol. The molecule has 0 aliphatic rings. The largest absolute Gasteiger partial charge is 0.357 e. The molecule has 134 valence electrons. The van der Waals surface area contributed by atoms with E-state index in [1.54, 1.807) is 6.20 Å². The Kier molecular flexibility index (Phi) is 7.06. The Hall–Kier alpha value is -1.81. The average Bonchev–Trinajstić information content (AvgIpc) is 3.15. The van der Waals surface area contributed by atoms with Crippen molar-refractivity contribution in [2.24, 2.45) is 12.0 Å². The van der Waals surface area contributed by atoms with E-state index in [0.717, 1.165) is 29.5 Å². The molecule has 25 heavy (non-hydrogen) atoms. The van der Waals surface area contributed by atoms with Crippen molar-refractivity contribution in [1.29, 1.82) is 0 Å². The second-order valence-electron chi connectivity index (χ2n) is 5.34. The van der Waals surface area contributed by atoms with Crippen molar-refractivity contribution in [2.45, 2.75) is 20.0 Å². The fourth-order valence-corrected chi connectivity index (χ4v) is 2.51. The van der Waals surface area contributed by atoms with E-state index in [-0.39, 0.29) is 24.0 Å². The lowest BCUT2D eigenvalue weighted by Crippen LogP contribution is -2.37. The van der Waals surface area contributed by atoms with Crippen molar-refractivity contribution in [3.63, 3.8) is 0 Å². The maximum atomic E-state index is 6.00. The number of hydrogen-bond acceptors (Lipinski definition) is 3. The van der Waals surface area contributed by atoms with Gasteiger partial charge in [-0.05, 0) is 25.1 Å². The van der Waals surface area contributed by atoms with Crippen LogP contribution in [0.15, 0.2) is 41.8 Å². The highest BCUT2D eigenvalue weighted by molar-refractivity contribution is 14.0. The van der Waals surface area contributed by atoms with Gasteiger partial charge in [-0.2, -0.15) is 5.10 Å². The van der Waals surface area contributed by atoms with E-state index < -0.39 is 0 Å². The predicted octanol–water partition coefficient (Wildman–Crippen LogP) is 2.59. The molecule has 0 aromatic carbocycles. The van der Waals surface area contributed by atoms with E-state index in [4.69, 9.17) is 11.6 Å². The van der Waals surface area contributed by atoms with Crippen molar-refractivity contribution < 1.29 is 0 Å². The van der Waals surface area contributed by atoms with Gasteiger partial charge in [0.05, 0.1) is 29.5 Å². The molecule has 0 radical (unpaired) electrons. The third kappa shape index (κ3) is 5.08. The minimum Gasteiger partial charge on any atom is -0.357 e. The Labute approximate surface area is 168 Å². The summed E-state index contributed by atoms with van der Waals surface area (Å²) < 4.78 is 3.74. The Balaban J connectivity index is 0.00000225. The van der Waals surface area contributed by atoms with E-state index in [1.165, 1.54) is 0 Å². The molecular weight excluding hydrogens is 453 g/mol. The summed E-state index contributed by atoms with van der Waals surface area (Å²) in [5.41, 5.74) is 2.83. The summed E-state index contributed by atoms with van der Waals surface area (Å²) in [4.78, 5) is 9.12. The number of fused-ring (bicyclic) bond motifs is 1. The SMILES string of the molecule is CCNC(=NCc1cn2cc(Cl)ccc2n1)NCc1ccnn1C.I. The molecule has 0 unspecified atom stereocenters. The molecule has 3 heterocycles. The molecule has 7 nitrogen and oxygen atoms in total. The zero-order valence-electron chi connectivity index (χ0n) is 14.1. The Morgan fingerprint density at radius 3 is 2.80 bits per heavy atom. The summed E-state index contributed by atoms with van der Waals surface area (Å²) >= 11 is 6.00. The highest BCUT2D eigenvalue weighted by atomic mass is 127. The highest BCUT2D eigenvalue weighted by Crippen LogP contribution is 2.12. The second kappa shape index (κ2) is 9.04. The molecular formula is C16H21ClIN7. The third-order valence-electron chi connectivity index (χ3n) is 3.57. The van der Waals surface area contributed by atoms with Crippen molar-refractivity contribution in [3.8, 4) is 0 Å². The first-order valence-corrected chi connectivity index (χ1v) is 8.15. The van der Waals surface area contributed by atoms with Crippen LogP contribution in [-0.4, -0.2) is 31.7 Å². The maximum absolute atomic E-state index is 6.00. The highest BCUT2D eigenvalue weighted by Gasteiger charge is 2.04. The molecule has 3 aromatic rings. The van der Waals surface area contributed by atoms with Gasteiger partial charge in [-0.15, -0.1) is 24.0 Å². The van der Waals surface area contributed by atoms with E-state index in [2.05, 4.69) is 25.7 Å². The van der Waals surface area contributed by atoms with Gasteiger partial charge < -0.3 is 15.0 Å². The molecule has 0 amide bonds. The van der Waals surface area contributed by atoms with Crippen molar-refractivity contribution in [1.82, 2.24) is 29.8 Å². The van der Waals surface area contributed by atoms with Gasteiger partial charge in [0.2, 0.25) is 0 Å². The van der Waals surface area contributed by atoms with E-state index in [9.17, 15) is 0 Å². The molecule has 3 rings (SSSR count). The predicted molar refractivity (Wildman–Crippen MR) is 110 cm³/mol. The van der Waals surface area contributed by atoms with Crippen molar-refractivity contribution in [3.05, 3.63) is 53.2 Å². The molecule has 0 atom stereocenters. The molecule has 0 aliphatic heterocycles. The molecule has 2 N–H and O–H groups in total. The number of aromatic nitrogens is 4. The minimum atomic E-state index is 0. The summed E-state index contributed by atoms with van der Waals surface area (Å²) in [5.74, 6) is 0.744. The quantitative estimate of drug-likeness (QED) is 0.339. The van der Waals surface area contributed by atoms with Gasteiger partial charge in [-0.1, -0.05) is 11.6 Å². The van der Waals surface area contributed by atoms with Crippen LogP contribution in [-0.2, 0) is 20.1 Å². The monoisotopic (exact) mass is 473 g/mol. The lowest BCUT2D eigenvalue weighted by molar-refractivity contribution is 0.684. The first-order valence-electron chi connectivity index (χ1n) is 7.78. The number of nitrogens with zero attached hydrogens (tertiary/aromatic N) is 5. The molecule has 0 bridgehead atoms. The van der Waals surface area contributed by atoms with E-state index >= 15 is 0 Å². The summed E-state index contributed by atoms with van der Waals surface area (Å²) in [5, 5.41) is 11.4. The van der Waals surface area contributed by atoms with Crippen LogP contribution in [0.5, 0.6) is 0 Å². The number of imidazole rings is 1. The molecule has 0 aliphatic carbocycles. The first kappa shape index (κ1) is 19.5. The van der Waals surface area contributed by atoms with Crippen molar-refractivity contribution >= 4 is 47.2 Å². The number of hydrogen-bond donors (Lipinski definition) is 2. The molecule has 0 fully saturated rings. The van der Waals surface area contributed by atoms with Crippen LogP contribution in [0.2, 0.25) is 5.02 Å². The maximum Gasteiger partial charge on any atom is 0.191 e. The molecule has 0 spiro atoms. The van der Waals surface area contributed by atoms with E-state index in [0.29, 0.717) is 18.1 Å². The van der Waals surface area contributed by atoms with Crippen LogP contribution in [0.4, 0.5) is 0 Å². The molecule has 0 saturated heterocycles. The van der Waals surface area contributed by atoms with Crippen LogP contribution in [0, 0.1) is 0 Å². The smallest absolute Gasteiger partial charge is 0.191 e. The summed E-state index contributed by atoms with van der Waals surface area (Å²) in [6, 6.07) is 5.69. The summed E-state index contributed by atoms with van der Waals surface area (Å²) in [6.45, 7) is 3.97. The number of nitrogens with one attached hydrogen (secondary N) is 2. The number of aliphatic imine (C=N–C) groups is 1. The van der Waals surface area contributed by atoms with Crippen LogP contribution in [0.25, 0.3) is 5.65 Å². The van der Waals surface area contributed by atoms with Crippen molar-refractivity contribution in [2.75, 3.05) is 6.54 Å². The zero-order chi connectivity index (χ0) is 16.9. The van der Waals surface area contributed by atoms with E-state index in [1.807, 2.05) is 53.6 Å². The van der Waals surface area contributed by atoms with Gasteiger partial charge in [0.25, 0.3) is 0 Å². The van der Waals surface area contributed by atoms with Crippen LogP contribution < -0.4 is 10.6 Å². The number of rotatable bonds is 5. The normalized spacial score (nSPS) is 11.4. The third-order valence-corrected chi connectivity index (χ3v) is 3.79. The topological polar surface area (TPSA) is 71.5 Å². The van der Waals surface area contributed by atoms with Crippen LogP contribution in [0.1, 0.15) is 18.3 Å². The van der Waals surface area contributed by atoms with Gasteiger partial charge in [-0.3, -0.25) is 4.68 Å². The first-order chi connectivity index (χ1) is 11.7. The van der Waals surface area contributed by atoms with Gasteiger partial charge >= 0.3 is 0 Å².